The maximum Gasteiger partial charge on any atom is 0.0960 e. The van der Waals surface area contributed by atoms with E-state index in [4.69, 9.17) is 13.8 Å². The Morgan fingerprint density at radius 1 is 1.08 bits per heavy atom. The van der Waals surface area contributed by atoms with E-state index in [-0.39, 0.29) is 11.7 Å². The molecule has 1 fully saturated rings. The minimum atomic E-state index is -2.42. The van der Waals surface area contributed by atoms with Crippen molar-refractivity contribution in [2.45, 2.75) is 45.2 Å². The molecule has 1 aliphatic rings. The Bertz CT molecular complexity index is 1680. The number of hydrogen-bond donors (Lipinski definition) is 1. The van der Waals surface area contributed by atoms with Crippen LogP contribution in [0.2, 0.25) is 0 Å². The van der Waals surface area contributed by atoms with Crippen LogP contribution in [-0.2, 0) is 17.4 Å². The molecular formula is C30H33N5O2. The molecule has 3 aromatic heterocycles. The maximum absolute atomic E-state index is 10.9. The fourth-order valence-corrected chi connectivity index (χ4v) is 5.71. The molecule has 1 N–H and O–H groups in total. The summed E-state index contributed by atoms with van der Waals surface area (Å²) in [6, 6.07) is 18.5. The minimum Gasteiger partial charge on any atom is -0.386 e. The normalized spacial score (nSPS) is 17.6. The van der Waals surface area contributed by atoms with E-state index in [1.165, 1.54) is 10.2 Å². The van der Waals surface area contributed by atoms with Gasteiger partial charge in [0.15, 0.2) is 0 Å². The zero-order valence-electron chi connectivity index (χ0n) is 24.3. The number of fused-ring (bicyclic) bond motifs is 3. The lowest BCUT2D eigenvalue weighted by Crippen LogP contribution is -2.27. The van der Waals surface area contributed by atoms with Crippen LogP contribution in [0.25, 0.3) is 33.2 Å². The van der Waals surface area contributed by atoms with Crippen molar-refractivity contribution < 1.29 is 14.0 Å². The summed E-state index contributed by atoms with van der Waals surface area (Å²) in [6.07, 6.45) is 3.53. The van der Waals surface area contributed by atoms with Crippen LogP contribution in [0.15, 0.2) is 60.8 Å². The first-order chi connectivity index (χ1) is 19.0. The number of rotatable bonds is 5. The van der Waals surface area contributed by atoms with E-state index in [9.17, 15) is 5.11 Å². The molecule has 4 heterocycles. The summed E-state index contributed by atoms with van der Waals surface area (Å²) in [5, 5.41) is 19.9. The summed E-state index contributed by atoms with van der Waals surface area (Å²) in [5.74, 6) is 0.306. The minimum absolute atomic E-state index is 0.0223. The van der Waals surface area contributed by atoms with Gasteiger partial charge in [0.25, 0.3) is 0 Å². The Balaban J connectivity index is 1.69. The number of aryl methyl sites for hydroxylation is 2. The molecule has 7 nitrogen and oxygen atoms in total. The van der Waals surface area contributed by atoms with Gasteiger partial charge in [0.1, 0.15) is 0 Å². The molecule has 0 bridgehead atoms. The van der Waals surface area contributed by atoms with Crippen LogP contribution in [0, 0.1) is 12.8 Å². The van der Waals surface area contributed by atoms with Crippen LogP contribution in [0.4, 0.5) is 0 Å². The molecule has 1 saturated heterocycles. The van der Waals surface area contributed by atoms with Crippen molar-refractivity contribution in [1.29, 1.82) is 0 Å². The molecule has 190 valence electrons. The smallest absolute Gasteiger partial charge is 0.0960 e. The van der Waals surface area contributed by atoms with E-state index in [2.05, 4.69) is 45.2 Å². The second-order valence-corrected chi connectivity index (χ2v) is 10.5. The molecule has 0 spiro atoms. The molecule has 0 unspecified atom stereocenters. The first kappa shape index (κ1) is 20.5. The Morgan fingerprint density at radius 2 is 1.86 bits per heavy atom. The molecule has 6 rings (SSSR count). The van der Waals surface area contributed by atoms with Gasteiger partial charge in [0.2, 0.25) is 0 Å². The lowest BCUT2D eigenvalue weighted by atomic mass is 9.86. The van der Waals surface area contributed by atoms with Gasteiger partial charge in [-0.05, 0) is 62.7 Å². The zero-order valence-corrected chi connectivity index (χ0v) is 21.3. The zero-order chi connectivity index (χ0) is 28.2. The highest BCUT2D eigenvalue weighted by atomic mass is 16.5. The molecule has 1 atom stereocenters. The first-order valence-corrected chi connectivity index (χ1v) is 12.7. The van der Waals surface area contributed by atoms with Crippen molar-refractivity contribution in [3.05, 3.63) is 77.6 Å². The molecule has 5 aromatic rings. The van der Waals surface area contributed by atoms with Crippen LogP contribution in [0.3, 0.4) is 0 Å². The quantitative estimate of drug-likeness (QED) is 0.344. The molecule has 7 heteroatoms. The number of ether oxygens (including phenoxy) is 1. The molecule has 0 radical (unpaired) electrons. The first-order valence-electron chi connectivity index (χ1n) is 14.2. The van der Waals surface area contributed by atoms with Crippen molar-refractivity contribution in [3.8, 4) is 11.3 Å². The second-order valence-electron chi connectivity index (χ2n) is 10.5. The molecular weight excluding hydrogens is 462 g/mol. The van der Waals surface area contributed by atoms with Gasteiger partial charge in [-0.2, -0.15) is 0 Å². The van der Waals surface area contributed by atoms with Crippen LogP contribution >= 0.6 is 0 Å². The number of hydrogen-bond acceptors (Lipinski definition) is 5. The van der Waals surface area contributed by atoms with E-state index >= 15 is 0 Å². The van der Waals surface area contributed by atoms with Gasteiger partial charge in [-0.25, -0.2) is 4.68 Å². The van der Waals surface area contributed by atoms with E-state index < -0.39 is 12.5 Å². The number of pyridine rings is 1. The van der Waals surface area contributed by atoms with Crippen molar-refractivity contribution in [2.24, 2.45) is 13.0 Å². The van der Waals surface area contributed by atoms with Crippen molar-refractivity contribution >= 4 is 21.9 Å². The predicted molar refractivity (Wildman–Crippen MR) is 145 cm³/mol. The summed E-state index contributed by atoms with van der Waals surface area (Å²) in [4.78, 5) is 4.90. The van der Waals surface area contributed by atoms with E-state index in [0.717, 1.165) is 40.3 Å². The lowest BCUT2D eigenvalue weighted by molar-refractivity contribution is 0.0552. The number of benzene rings is 2. The Hall–Kier alpha value is -3.55. The fraction of sp³-hybridized carbons (Fsp3) is 0.367. The maximum atomic E-state index is 10.9. The van der Waals surface area contributed by atoms with Gasteiger partial charge in [-0.1, -0.05) is 47.7 Å². The van der Waals surface area contributed by atoms with E-state index in [1.807, 2.05) is 24.3 Å². The highest BCUT2D eigenvalue weighted by Crippen LogP contribution is 2.42. The van der Waals surface area contributed by atoms with Crippen LogP contribution in [0.5, 0.6) is 0 Å². The SMILES string of the molecule is [2H]C([2H])([2H])c1nnn(C)c1-c1cnc2c3ccc(C(C)(C)O)cc3n([C@H](c3ccccc3)C3CCOCC3)c2c1. The van der Waals surface area contributed by atoms with E-state index in [0.29, 0.717) is 30.4 Å². The topological polar surface area (TPSA) is 78.0 Å². The van der Waals surface area contributed by atoms with Crippen LogP contribution < -0.4 is 0 Å². The van der Waals surface area contributed by atoms with Gasteiger partial charge in [-0.15, -0.1) is 5.10 Å². The highest BCUT2D eigenvalue weighted by molar-refractivity contribution is 6.07. The van der Waals surface area contributed by atoms with Crippen LogP contribution in [0.1, 0.15) is 53.7 Å². The monoisotopic (exact) mass is 498 g/mol. The molecule has 0 saturated carbocycles. The third-order valence-electron chi connectivity index (χ3n) is 7.58. The van der Waals surface area contributed by atoms with Gasteiger partial charge in [0.05, 0.1) is 39.6 Å². The number of aromatic nitrogens is 5. The lowest BCUT2D eigenvalue weighted by Gasteiger charge is -2.33. The predicted octanol–water partition coefficient (Wildman–Crippen LogP) is 5.54. The summed E-state index contributed by atoms with van der Waals surface area (Å²) >= 11 is 0. The van der Waals surface area contributed by atoms with Crippen molar-refractivity contribution in [1.82, 2.24) is 24.5 Å². The highest BCUT2D eigenvalue weighted by Gasteiger charge is 2.31. The molecule has 0 amide bonds. The van der Waals surface area contributed by atoms with Gasteiger partial charge in [-0.3, -0.25) is 4.98 Å². The summed E-state index contributed by atoms with van der Waals surface area (Å²) in [7, 11) is 1.70. The molecule has 37 heavy (non-hydrogen) atoms. The summed E-state index contributed by atoms with van der Waals surface area (Å²) in [6.45, 7) is 2.56. The summed E-state index contributed by atoms with van der Waals surface area (Å²) in [5.41, 5.74) is 4.65. The Morgan fingerprint density at radius 3 is 2.59 bits per heavy atom. The molecule has 2 aromatic carbocycles. The van der Waals surface area contributed by atoms with Gasteiger partial charge in [0, 0.05) is 41.5 Å². The largest absolute Gasteiger partial charge is 0.386 e. The third kappa shape index (κ3) is 4.12. The number of aliphatic hydroxyl groups is 1. The van der Waals surface area contributed by atoms with E-state index in [1.54, 1.807) is 27.1 Å². The Kier molecular flexibility index (Phi) is 5.03. The third-order valence-corrected chi connectivity index (χ3v) is 7.58. The average molecular weight is 499 g/mol. The molecule has 1 aliphatic heterocycles. The van der Waals surface area contributed by atoms with Crippen molar-refractivity contribution in [3.63, 3.8) is 0 Å². The van der Waals surface area contributed by atoms with Gasteiger partial charge >= 0.3 is 0 Å². The average Bonchev–Trinajstić information content (AvgIpc) is 3.47. The second kappa shape index (κ2) is 9.08. The van der Waals surface area contributed by atoms with Crippen molar-refractivity contribution in [2.75, 3.05) is 13.2 Å². The van der Waals surface area contributed by atoms with Gasteiger partial charge < -0.3 is 14.4 Å². The Labute approximate surface area is 220 Å². The summed E-state index contributed by atoms with van der Waals surface area (Å²) < 4.78 is 33.6. The standard InChI is InChI=1S/C30H33N5O2/c1-19-28(34(4)33-32-19)22-16-26-27(31-18-22)24-11-10-23(30(2,3)36)17-25(24)35(26)29(20-8-6-5-7-9-20)21-12-14-37-15-13-21/h5-11,16-18,21,29,36H,12-15H2,1-4H3/t29-/m1/s1/i1D3. The van der Waals surface area contributed by atoms with Crippen LogP contribution in [-0.4, -0.2) is 42.9 Å². The fourth-order valence-electron chi connectivity index (χ4n) is 5.71. The number of nitrogens with zero attached hydrogens (tertiary/aromatic N) is 5. The molecule has 0 aliphatic carbocycles.